The summed E-state index contributed by atoms with van der Waals surface area (Å²) in [6, 6.07) is 1.90. The van der Waals surface area contributed by atoms with Crippen LogP contribution in [0.4, 0.5) is 11.5 Å². The molecule has 0 saturated heterocycles. The van der Waals surface area contributed by atoms with Crippen molar-refractivity contribution in [3.63, 3.8) is 0 Å². The second-order valence-electron chi connectivity index (χ2n) is 4.74. The van der Waals surface area contributed by atoms with Crippen LogP contribution in [0.5, 0.6) is 0 Å². The highest BCUT2D eigenvalue weighted by molar-refractivity contribution is 5.52. The van der Waals surface area contributed by atoms with E-state index < -0.39 is 5.60 Å². The van der Waals surface area contributed by atoms with Crippen molar-refractivity contribution in [3.8, 4) is 0 Å². The molecule has 0 amide bonds. The van der Waals surface area contributed by atoms with Crippen LogP contribution >= 0.6 is 0 Å². The van der Waals surface area contributed by atoms with E-state index in [9.17, 15) is 5.11 Å². The quantitative estimate of drug-likeness (QED) is 0.813. The van der Waals surface area contributed by atoms with Gasteiger partial charge >= 0.3 is 0 Å². The molecule has 1 rings (SSSR count). The van der Waals surface area contributed by atoms with Crippen molar-refractivity contribution in [1.82, 2.24) is 4.98 Å². The van der Waals surface area contributed by atoms with E-state index in [1.165, 1.54) is 0 Å². The van der Waals surface area contributed by atoms with Gasteiger partial charge in [0.05, 0.1) is 17.5 Å². The van der Waals surface area contributed by atoms with Crippen molar-refractivity contribution in [3.05, 3.63) is 17.8 Å². The van der Waals surface area contributed by atoms with E-state index in [1.54, 1.807) is 20.0 Å². The van der Waals surface area contributed by atoms with Crippen LogP contribution in [0.1, 0.15) is 26.3 Å². The summed E-state index contributed by atoms with van der Waals surface area (Å²) >= 11 is 0. The van der Waals surface area contributed by atoms with Crippen LogP contribution in [0.2, 0.25) is 0 Å². The monoisotopic (exact) mass is 223 g/mol. The highest BCUT2D eigenvalue weighted by Crippen LogP contribution is 2.20. The van der Waals surface area contributed by atoms with Gasteiger partial charge in [-0.1, -0.05) is 0 Å². The number of aromatic nitrogens is 1. The summed E-state index contributed by atoms with van der Waals surface area (Å²) < 4.78 is 0. The number of aryl methyl sites for hydroxylation is 1. The van der Waals surface area contributed by atoms with Gasteiger partial charge in [-0.2, -0.15) is 0 Å². The second kappa shape index (κ2) is 4.70. The van der Waals surface area contributed by atoms with Gasteiger partial charge in [-0.05, 0) is 39.3 Å². The number of pyridine rings is 1. The van der Waals surface area contributed by atoms with Gasteiger partial charge in [0.15, 0.2) is 0 Å². The van der Waals surface area contributed by atoms with E-state index in [2.05, 4.69) is 9.88 Å². The van der Waals surface area contributed by atoms with E-state index in [-0.39, 0.29) is 0 Å². The molecular formula is C12H21N3O. The number of nitrogens with two attached hydrogens (primary N) is 1. The molecule has 0 saturated carbocycles. The molecule has 4 nitrogen and oxygen atoms in total. The largest absolute Gasteiger partial charge is 0.397 e. The third-order valence-corrected chi connectivity index (χ3v) is 2.33. The maximum absolute atomic E-state index is 9.83. The van der Waals surface area contributed by atoms with Crippen molar-refractivity contribution < 1.29 is 5.11 Å². The van der Waals surface area contributed by atoms with E-state index in [0.717, 1.165) is 17.9 Å². The molecule has 3 N–H and O–H groups in total. The van der Waals surface area contributed by atoms with Gasteiger partial charge < -0.3 is 15.7 Å². The molecule has 0 radical (unpaired) electrons. The van der Waals surface area contributed by atoms with Crippen molar-refractivity contribution in [1.29, 1.82) is 0 Å². The molecule has 16 heavy (non-hydrogen) atoms. The molecule has 0 aromatic carbocycles. The van der Waals surface area contributed by atoms with Crippen LogP contribution in [0.25, 0.3) is 0 Å². The van der Waals surface area contributed by atoms with Gasteiger partial charge in [0.25, 0.3) is 0 Å². The number of hydrogen-bond acceptors (Lipinski definition) is 4. The predicted molar refractivity (Wildman–Crippen MR) is 67.6 cm³/mol. The number of likely N-dealkylation sites (N-methyl/N-ethyl adjacent to an activating group) is 1. The fourth-order valence-electron chi connectivity index (χ4n) is 1.72. The zero-order valence-corrected chi connectivity index (χ0v) is 10.5. The van der Waals surface area contributed by atoms with Crippen molar-refractivity contribution in [2.45, 2.75) is 33.3 Å². The molecular weight excluding hydrogens is 202 g/mol. The summed E-state index contributed by atoms with van der Waals surface area (Å²) in [5.41, 5.74) is 6.64. The number of rotatable bonds is 4. The van der Waals surface area contributed by atoms with Crippen molar-refractivity contribution in [2.75, 3.05) is 23.7 Å². The Kier molecular flexibility index (Phi) is 3.75. The average Bonchev–Trinajstić information content (AvgIpc) is 2.13. The minimum absolute atomic E-state index is 0.557. The summed E-state index contributed by atoms with van der Waals surface area (Å²) in [5.74, 6) is 0.888. The Morgan fingerprint density at radius 2 is 2.12 bits per heavy atom. The molecule has 0 aliphatic carbocycles. The summed E-state index contributed by atoms with van der Waals surface area (Å²) in [6.45, 7) is 8.97. The minimum Gasteiger partial charge on any atom is -0.397 e. The van der Waals surface area contributed by atoms with Crippen LogP contribution in [-0.2, 0) is 0 Å². The Bertz CT molecular complexity index is 358. The lowest BCUT2D eigenvalue weighted by atomic mass is 10.1. The summed E-state index contributed by atoms with van der Waals surface area (Å²) in [5, 5.41) is 9.83. The highest BCUT2D eigenvalue weighted by atomic mass is 16.3. The van der Waals surface area contributed by atoms with Crippen LogP contribution in [0.15, 0.2) is 12.3 Å². The van der Waals surface area contributed by atoms with Crippen LogP contribution < -0.4 is 10.6 Å². The number of anilines is 2. The normalized spacial score (nSPS) is 11.6. The molecule has 1 aromatic rings. The van der Waals surface area contributed by atoms with Gasteiger partial charge in [-0.15, -0.1) is 0 Å². The topological polar surface area (TPSA) is 62.4 Å². The van der Waals surface area contributed by atoms with Gasteiger partial charge in [-0.25, -0.2) is 4.98 Å². The average molecular weight is 223 g/mol. The Balaban J connectivity index is 2.95. The Morgan fingerprint density at radius 1 is 1.50 bits per heavy atom. The lowest BCUT2D eigenvalue weighted by Gasteiger charge is -2.30. The standard InChI is InChI=1S/C12H21N3O/c1-5-15(8-12(3,4)16)11-9(2)6-10(13)7-14-11/h6-7,16H,5,8,13H2,1-4H3. The first-order valence-electron chi connectivity index (χ1n) is 5.53. The predicted octanol–water partition coefficient (Wildman–Crippen LogP) is 1.57. The first kappa shape index (κ1) is 12.8. The molecule has 0 fully saturated rings. The maximum Gasteiger partial charge on any atom is 0.131 e. The summed E-state index contributed by atoms with van der Waals surface area (Å²) in [6.07, 6.45) is 1.65. The third-order valence-electron chi connectivity index (χ3n) is 2.33. The zero-order valence-electron chi connectivity index (χ0n) is 10.5. The van der Waals surface area contributed by atoms with Gasteiger partial charge in [0.2, 0.25) is 0 Å². The van der Waals surface area contributed by atoms with Crippen molar-refractivity contribution >= 4 is 11.5 Å². The Labute approximate surface area is 97.1 Å². The second-order valence-corrected chi connectivity index (χ2v) is 4.74. The number of nitrogen functional groups attached to an aromatic ring is 1. The lowest BCUT2D eigenvalue weighted by molar-refractivity contribution is 0.0874. The van der Waals surface area contributed by atoms with E-state index in [0.29, 0.717) is 12.2 Å². The molecule has 0 unspecified atom stereocenters. The summed E-state index contributed by atoms with van der Waals surface area (Å²) in [7, 11) is 0. The molecule has 0 bridgehead atoms. The fraction of sp³-hybridized carbons (Fsp3) is 0.583. The van der Waals surface area contributed by atoms with Crippen molar-refractivity contribution in [2.24, 2.45) is 0 Å². The smallest absolute Gasteiger partial charge is 0.131 e. The molecule has 4 heteroatoms. The Morgan fingerprint density at radius 3 is 2.56 bits per heavy atom. The van der Waals surface area contributed by atoms with E-state index in [1.807, 2.05) is 19.9 Å². The first-order valence-corrected chi connectivity index (χ1v) is 5.53. The van der Waals surface area contributed by atoms with Crippen LogP contribution in [0.3, 0.4) is 0 Å². The molecule has 0 aliphatic heterocycles. The van der Waals surface area contributed by atoms with Crippen LogP contribution in [-0.4, -0.2) is 28.8 Å². The van der Waals surface area contributed by atoms with Crippen LogP contribution in [0, 0.1) is 6.92 Å². The van der Waals surface area contributed by atoms with Gasteiger partial charge in [0, 0.05) is 13.1 Å². The van der Waals surface area contributed by atoms with Gasteiger partial charge in [0.1, 0.15) is 5.82 Å². The minimum atomic E-state index is -0.731. The zero-order chi connectivity index (χ0) is 12.3. The van der Waals surface area contributed by atoms with Gasteiger partial charge in [-0.3, -0.25) is 0 Å². The number of hydrogen-bond donors (Lipinski definition) is 2. The molecule has 1 heterocycles. The first-order chi connectivity index (χ1) is 7.33. The molecule has 0 atom stereocenters. The molecule has 1 aromatic heterocycles. The SMILES string of the molecule is CCN(CC(C)(C)O)c1ncc(N)cc1C. The molecule has 0 spiro atoms. The molecule has 90 valence electrons. The van der Waals surface area contributed by atoms with E-state index in [4.69, 9.17) is 5.73 Å². The maximum atomic E-state index is 9.83. The Hall–Kier alpha value is -1.29. The highest BCUT2D eigenvalue weighted by Gasteiger charge is 2.19. The third kappa shape index (κ3) is 3.38. The summed E-state index contributed by atoms with van der Waals surface area (Å²) in [4.78, 5) is 6.37. The lowest BCUT2D eigenvalue weighted by Crippen LogP contribution is -2.39. The van der Waals surface area contributed by atoms with E-state index >= 15 is 0 Å². The number of aliphatic hydroxyl groups is 1. The number of nitrogens with zero attached hydrogens (tertiary/aromatic N) is 2. The molecule has 0 aliphatic rings. The fourth-order valence-corrected chi connectivity index (χ4v) is 1.72.